The van der Waals surface area contributed by atoms with Gasteiger partial charge in [0.2, 0.25) is 11.9 Å². The first kappa shape index (κ1) is 14.3. The van der Waals surface area contributed by atoms with Gasteiger partial charge in [-0.2, -0.15) is 0 Å². The first-order chi connectivity index (χ1) is 8.49. The van der Waals surface area contributed by atoms with Crippen LogP contribution in [0.25, 0.3) is 0 Å². The van der Waals surface area contributed by atoms with Gasteiger partial charge < -0.3 is 19.7 Å². The van der Waals surface area contributed by atoms with Crippen LogP contribution >= 0.6 is 0 Å². The Morgan fingerprint density at radius 2 is 1.89 bits per heavy atom. The molecule has 0 saturated carbocycles. The van der Waals surface area contributed by atoms with Gasteiger partial charge in [-0.05, 0) is 0 Å². The van der Waals surface area contributed by atoms with Gasteiger partial charge in [0, 0.05) is 18.2 Å². The molecule has 0 aromatic heterocycles. The van der Waals surface area contributed by atoms with Crippen LogP contribution in [0.1, 0.15) is 15.9 Å². The lowest BCUT2D eigenvalue weighted by atomic mass is 9.99. The number of rotatable bonds is 5. The van der Waals surface area contributed by atoms with Gasteiger partial charge in [-0.1, -0.05) is 24.3 Å². The van der Waals surface area contributed by atoms with Crippen LogP contribution in [-0.4, -0.2) is 42.8 Å². The Kier molecular flexibility index (Phi) is 4.55. The van der Waals surface area contributed by atoms with Crippen molar-refractivity contribution in [3.05, 3.63) is 35.4 Å². The number of ether oxygens (including phenoxy) is 2. The number of carbonyl (C=O) groups excluding carboxylic acids is 2. The van der Waals surface area contributed by atoms with Crippen LogP contribution in [0.2, 0.25) is 0 Å². The fourth-order valence-electron chi connectivity index (χ4n) is 1.46. The zero-order chi connectivity index (χ0) is 13.8. The van der Waals surface area contributed by atoms with E-state index in [0.717, 1.165) is 14.2 Å². The summed E-state index contributed by atoms with van der Waals surface area (Å²) in [5, 5.41) is 19.9. The highest BCUT2D eigenvalue weighted by atomic mass is 16.6. The second-order valence-corrected chi connectivity index (χ2v) is 3.57. The van der Waals surface area contributed by atoms with Crippen LogP contribution in [0.15, 0.2) is 24.3 Å². The number of hydrogen-bond donors (Lipinski definition) is 2. The van der Waals surface area contributed by atoms with E-state index in [1.165, 1.54) is 24.3 Å². The van der Waals surface area contributed by atoms with Crippen molar-refractivity contribution in [1.29, 1.82) is 0 Å². The van der Waals surface area contributed by atoms with E-state index in [1.54, 1.807) is 0 Å². The van der Waals surface area contributed by atoms with E-state index in [2.05, 4.69) is 4.74 Å². The molecule has 6 nitrogen and oxygen atoms in total. The molecule has 2 N–H and O–H groups in total. The van der Waals surface area contributed by atoms with Crippen molar-refractivity contribution in [3.8, 4) is 0 Å². The normalized spacial score (nSPS) is 15.6. The quantitative estimate of drug-likeness (QED) is 0.430. The number of aliphatic hydroxyl groups is 2. The molecule has 0 amide bonds. The Hall–Kier alpha value is -1.76. The molecule has 18 heavy (non-hydrogen) atoms. The second-order valence-electron chi connectivity index (χ2n) is 3.57. The number of aldehydes is 1. The van der Waals surface area contributed by atoms with Crippen molar-refractivity contribution in [2.24, 2.45) is 0 Å². The van der Waals surface area contributed by atoms with Gasteiger partial charge in [0.25, 0.3) is 0 Å². The fraction of sp³-hybridized carbons (Fsp3) is 0.333. The summed E-state index contributed by atoms with van der Waals surface area (Å²) in [6.07, 6.45) is -1.26. The summed E-state index contributed by atoms with van der Waals surface area (Å²) in [6.45, 7) is 0. The smallest absolute Gasteiger partial charge is 0.340 e. The van der Waals surface area contributed by atoms with E-state index in [0.29, 0.717) is 11.8 Å². The van der Waals surface area contributed by atoms with E-state index in [-0.39, 0.29) is 5.56 Å². The zero-order valence-corrected chi connectivity index (χ0v) is 9.99. The van der Waals surface area contributed by atoms with Crippen LogP contribution in [0, 0.1) is 0 Å². The van der Waals surface area contributed by atoms with Crippen LogP contribution in [0.3, 0.4) is 0 Å². The summed E-state index contributed by atoms with van der Waals surface area (Å²) >= 11 is 0. The molecule has 1 aromatic carbocycles. The van der Waals surface area contributed by atoms with Gasteiger partial charge in [-0.25, -0.2) is 4.79 Å². The number of aliphatic hydroxyl groups excluding tert-OH is 1. The number of hydrogen-bond acceptors (Lipinski definition) is 6. The molecule has 2 unspecified atom stereocenters. The molecule has 0 bridgehead atoms. The Bertz CT molecular complexity index is 427. The SMILES string of the molecule is COC(=O)C(O)C(O)(OC)c1ccc(C=O)cc1. The topological polar surface area (TPSA) is 93.1 Å². The minimum absolute atomic E-state index is 0.133. The number of esters is 1. The minimum Gasteiger partial charge on any atom is -0.467 e. The highest BCUT2D eigenvalue weighted by Gasteiger charge is 2.43. The lowest BCUT2D eigenvalue weighted by Crippen LogP contribution is -2.46. The van der Waals surface area contributed by atoms with Gasteiger partial charge in [0.05, 0.1) is 7.11 Å². The standard InChI is InChI=1S/C12H14O6/c1-17-11(15)10(14)12(16,18-2)9-5-3-8(7-13)4-6-9/h3-7,10,14,16H,1-2H3. The maximum absolute atomic E-state index is 11.2. The van der Waals surface area contributed by atoms with E-state index < -0.39 is 17.9 Å². The molecular formula is C12H14O6. The largest absolute Gasteiger partial charge is 0.467 e. The second kappa shape index (κ2) is 5.72. The Labute approximate surface area is 104 Å². The molecule has 0 spiro atoms. The van der Waals surface area contributed by atoms with E-state index in [9.17, 15) is 19.8 Å². The van der Waals surface area contributed by atoms with Gasteiger partial charge in [0.1, 0.15) is 6.29 Å². The van der Waals surface area contributed by atoms with Crippen LogP contribution < -0.4 is 0 Å². The molecule has 0 radical (unpaired) electrons. The molecule has 0 aliphatic heterocycles. The summed E-state index contributed by atoms with van der Waals surface area (Å²) < 4.78 is 9.14. The minimum atomic E-state index is -2.23. The molecule has 1 rings (SSSR count). The maximum Gasteiger partial charge on any atom is 0.340 e. The monoisotopic (exact) mass is 254 g/mol. The van der Waals surface area contributed by atoms with Crippen molar-refractivity contribution >= 4 is 12.3 Å². The van der Waals surface area contributed by atoms with Crippen molar-refractivity contribution in [2.45, 2.75) is 11.9 Å². The van der Waals surface area contributed by atoms with E-state index in [4.69, 9.17) is 4.74 Å². The lowest BCUT2D eigenvalue weighted by Gasteiger charge is -2.30. The number of benzene rings is 1. The Morgan fingerprint density at radius 3 is 2.28 bits per heavy atom. The molecule has 1 aromatic rings. The van der Waals surface area contributed by atoms with E-state index in [1.807, 2.05) is 0 Å². The summed E-state index contributed by atoms with van der Waals surface area (Å²) in [7, 11) is 2.22. The maximum atomic E-state index is 11.2. The molecule has 6 heteroatoms. The first-order valence-electron chi connectivity index (χ1n) is 5.08. The van der Waals surface area contributed by atoms with Crippen LogP contribution in [0.4, 0.5) is 0 Å². The third-order valence-electron chi connectivity index (χ3n) is 2.57. The summed E-state index contributed by atoms with van der Waals surface area (Å²) in [5.41, 5.74) is 0.526. The van der Waals surface area contributed by atoms with Crippen LogP contribution in [-0.2, 0) is 20.1 Å². The van der Waals surface area contributed by atoms with Gasteiger partial charge in [0.15, 0.2) is 0 Å². The van der Waals surface area contributed by atoms with Crippen molar-refractivity contribution in [1.82, 2.24) is 0 Å². The molecule has 98 valence electrons. The number of methoxy groups -OCH3 is 2. The molecule has 0 aliphatic rings. The summed E-state index contributed by atoms with van der Waals surface area (Å²) in [5.74, 6) is -3.26. The predicted molar refractivity (Wildman–Crippen MR) is 60.8 cm³/mol. The van der Waals surface area contributed by atoms with Crippen LogP contribution in [0.5, 0.6) is 0 Å². The number of carbonyl (C=O) groups is 2. The summed E-state index contributed by atoms with van der Waals surface area (Å²) in [6, 6.07) is 5.60. The average Bonchev–Trinajstić information content (AvgIpc) is 2.44. The fourth-order valence-corrected chi connectivity index (χ4v) is 1.46. The van der Waals surface area contributed by atoms with Crippen molar-refractivity contribution in [3.63, 3.8) is 0 Å². The third-order valence-corrected chi connectivity index (χ3v) is 2.57. The average molecular weight is 254 g/mol. The summed E-state index contributed by atoms with van der Waals surface area (Å²) in [4.78, 5) is 21.8. The molecule has 0 saturated heterocycles. The van der Waals surface area contributed by atoms with Crippen molar-refractivity contribution < 1.29 is 29.3 Å². The molecular weight excluding hydrogens is 240 g/mol. The van der Waals surface area contributed by atoms with Gasteiger partial charge in [-0.15, -0.1) is 0 Å². The Balaban J connectivity index is 3.12. The lowest BCUT2D eigenvalue weighted by molar-refractivity contribution is -0.254. The van der Waals surface area contributed by atoms with Gasteiger partial charge >= 0.3 is 5.97 Å². The zero-order valence-electron chi connectivity index (χ0n) is 9.99. The first-order valence-corrected chi connectivity index (χ1v) is 5.08. The van der Waals surface area contributed by atoms with Crippen molar-refractivity contribution in [2.75, 3.05) is 14.2 Å². The third kappa shape index (κ3) is 2.56. The molecule has 0 heterocycles. The van der Waals surface area contributed by atoms with E-state index >= 15 is 0 Å². The molecule has 0 aliphatic carbocycles. The molecule has 0 fully saturated rings. The highest BCUT2D eigenvalue weighted by molar-refractivity contribution is 5.76. The Morgan fingerprint density at radius 1 is 1.33 bits per heavy atom. The molecule has 2 atom stereocenters. The predicted octanol–water partition coefficient (Wildman–Crippen LogP) is -0.176. The highest BCUT2D eigenvalue weighted by Crippen LogP contribution is 2.27. The van der Waals surface area contributed by atoms with Gasteiger partial charge in [-0.3, -0.25) is 4.79 Å².